The smallest absolute Gasteiger partial charge is 0.322 e. The molecule has 2 aliphatic rings. The summed E-state index contributed by atoms with van der Waals surface area (Å²) >= 11 is 0. The van der Waals surface area contributed by atoms with Gasteiger partial charge in [0.1, 0.15) is 0 Å². The standard InChI is InChI=1S/C18H27N3O3/c1-3-18(23)12-21(13-18)17(22)19-16-6-4-15(5-7-16)14(2)20-8-10-24-11-9-20/h4-7,14,23H,3,8-13H2,1-2H3,(H,19,22)/t14-/m1/s1. The van der Waals surface area contributed by atoms with E-state index < -0.39 is 5.60 Å². The van der Waals surface area contributed by atoms with Crippen molar-refractivity contribution in [3.63, 3.8) is 0 Å². The zero-order chi connectivity index (χ0) is 17.2. The predicted molar refractivity (Wildman–Crippen MR) is 93.1 cm³/mol. The lowest BCUT2D eigenvalue weighted by atomic mass is 9.92. The molecule has 24 heavy (non-hydrogen) atoms. The number of anilines is 1. The second kappa shape index (κ2) is 7.09. The van der Waals surface area contributed by atoms with Gasteiger partial charge in [0.05, 0.1) is 31.9 Å². The third-order valence-electron chi connectivity index (χ3n) is 5.15. The minimum atomic E-state index is -0.700. The molecule has 2 fully saturated rings. The van der Waals surface area contributed by atoms with E-state index in [0.717, 1.165) is 32.0 Å². The highest BCUT2D eigenvalue weighted by Crippen LogP contribution is 2.26. The SMILES string of the molecule is CCC1(O)CN(C(=O)Nc2ccc([C@@H](C)N3CCOCC3)cc2)C1. The number of morpholine rings is 1. The number of nitrogens with one attached hydrogen (secondary N) is 1. The first-order valence-electron chi connectivity index (χ1n) is 8.71. The molecule has 3 rings (SSSR count). The minimum Gasteiger partial charge on any atom is -0.386 e. The molecule has 1 aromatic rings. The maximum Gasteiger partial charge on any atom is 0.322 e. The maximum absolute atomic E-state index is 12.1. The van der Waals surface area contributed by atoms with Gasteiger partial charge in [0.15, 0.2) is 0 Å². The summed E-state index contributed by atoms with van der Waals surface area (Å²) in [6.45, 7) is 8.43. The Morgan fingerprint density at radius 3 is 2.50 bits per heavy atom. The first-order chi connectivity index (χ1) is 11.5. The topological polar surface area (TPSA) is 65.0 Å². The van der Waals surface area contributed by atoms with Crippen molar-refractivity contribution in [3.05, 3.63) is 29.8 Å². The highest BCUT2D eigenvalue weighted by atomic mass is 16.5. The average molecular weight is 333 g/mol. The van der Waals surface area contributed by atoms with Crippen LogP contribution in [-0.2, 0) is 4.74 Å². The van der Waals surface area contributed by atoms with Crippen LogP contribution >= 0.6 is 0 Å². The molecule has 0 aromatic heterocycles. The van der Waals surface area contributed by atoms with Gasteiger partial charge >= 0.3 is 6.03 Å². The van der Waals surface area contributed by atoms with Gasteiger partial charge in [-0.2, -0.15) is 0 Å². The van der Waals surface area contributed by atoms with Crippen LogP contribution in [0.2, 0.25) is 0 Å². The molecule has 2 heterocycles. The molecule has 0 bridgehead atoms. The van der Waals surface area contributed by atoms with E-state index >= 15 is 0 Å². The van der Waals surface area contributed by atoms with Crippen molar-refractivity contribution in [2.45, 2.75) is 31.9 Å². The molecule has 0 aliphatic carbocycles. The molecule has 2 aliphatic heterocycles. The Morgan fingerprint density at radius 1 is 1.29 bits per heavy atom. The molecule has 2 saturated heterocycles. The number of hydrogen-bond donors (Lipinski definition) is 2. The van der Waals surface area contributed by atoms with E-state index in [1.807, 2.05) is 19.1 Å². The van der Waals surface area contributed by atoms with Crippen LogP contribution in [0.1, 0.15) is 31.9 Å². The number of ether oxygens (including phenoxy) is 1. The molecule has 6 heteroatoms. The number of hydrogen-bond acceptors (Lipinski definition) is 4. The van der Waals surface area contributed by atoms with E-state index in [2.05, 4.69) is 29.3 Å². The first kappa shape index (κ1) is 17.2. The third-order valence-corrected chi connectivity index (χ3v) is 5.15. The minimum absolute atomic E-state index is 0.151. The number of likely N-dealkylation sites (tertiary alicyclic amines) is 1. The number of β-amino-alcohol motifs (C(OH)–C–C–N with tert-alkyl or cyclic N) is 1. The number of urea groups is 1. The van der Waals surface area contributed by atoms with Crippen LogP contribution in [-0.4, -0.2) is 65.9 Å². The van der Waals surface area contributed by atoms with Crippen LogP contribution in [0, 0.1) is 0 Å². The van der Waals surface area contributed by atoms with Gasteiger partial charge in [-0.05, 0) is 31.0 Å². The normalized spacial score (nSPS) is 21.9. The second-order valence-electron chi connectivity index (χ2n) is 6.81. The van der Waals surface area contributed by atoms with Crippen molar-refractivity contribution in [1.29, 1.82) is 0 Å². The van der Waals surface area contributed by atoms with Crippen molar-refractivity contribution >= 4 is 11.7 Å². The molecule has 0 saturated carbocycles. The molecule has 2 N–H and O–H groups in total. The fraction of sp³-hybridized carbons (Fsp3) is 0.611. The van der Waals surface area contributed by atoms with E-state index in [1.54, 1.807) is 4.90 Å². The first-order valence-corrected chi connectivity index (χ1v) is 8.71. The fourth-order valence-electron chi connectivity index (χ4n) is 3.25. The third kappa shape index (κ3) is 3.71. The van der Waals surface area contributed by atoms with E-state index in [9.17, 15) is 9.90 Å². The fourth-order valence-corrected chi connectivity index (χ4v) is 3.25. The number of amides is 2. The lowest BCUT2D eigenvalue weighted by Crippen LogP contribution is -2.63. The average Bonchev–Trinajstić information content (AvgIpc) is 2.59. The van der Waals surface area contributed by atoms with Crippen LogP contribution in [0.4, 0.5) is 10.5 Å². The molecule has 0 unspecified atom stereocenters. The van der Waals surface area contributed by atoms with Crippen molar-refractivity contribution in [3.8, 4) is 0 Å². The highest BCUT2D eigenvalue weighted by molar-refractivity contribution is 5.90. The largest absolute Gasteiger partial charge is 0.386 e. The molecule has 6 nitrogen and oxygen atoms in total. The molecular formula is C18H27N3O3. The predicted octanol–water partition coefficient (Wildman–Crippen LogP) is 2.07. The van der Waals surface area contributed by atoms with Crippen LogP contribution < -0.4 is 5.32 Å². The molecule has 2 amide bonds. The van der Waals surface area contributed by atoms with E-state index in [-0.39, 0.29) is 6.03 Å². The van der Waals surface area contributed by atoms with Crippen LogP contribution in [0.15, 0.2) is 24.3 Å². The van der Waals surface area contributed by atoms with Crippen molar-refractivity contribution in [2.75, 3.05) is 44.7 Å². The van der Waals surface area contributed by atoms with Gasteiger partial charge in [0.25, 0.3) is 0 Å². The number of aliphatic hydroxyl groups is 1. The Kier molecular flexibility index (Phi) is 5.08. The zero-order valence-electron chi connectivity index (χ0n) is 14.5. The summed E-state index contributed by atoms with van der Waals surface area (Å²) in [6.07, 6.45) is 0.672. The van der Waals surface area contributed by atoms with E-state index in [0.29, 0.717) is 25.6 Å². The van der Waals surface area contributed by atoms with Gasteiger partial charge in [0.2, 0.25) is 0 Å². The van der Waals surface area contributed by atoms with Gasteiger partial charge in [-0.3, -0.25) is 4.90 Å². The summed E-state index contributed by atoms with van der Waals surface area (Å²) in [5, 5.41) is 12.9. The number of carbonyl (C=O) groups is 1. The molecular weight excluding hydrogens is 306 g/mol. The molecule has 132 valence electrons. The number of carbonyl (C=O) groups excluding carboxylic acids is 1. The van der Waals surface area contributed by atoms with Crippen molar-refractivity contribution < 1.29 is 14.6 Å². The van der Waals surface area contributed by atoms with Crippen LogP contribution in [0.25, 0.3) is 0 Å². The summed E-state index contributed by atoms with van der Waals surface area (Å²) in [5.74, 6) is 0. The zero-order valence-corrected chi connectivity index (χ0v) is 14.5. The van der Waals surface area contributed by atoms with Gasteiger partial charge in [0, 0.05) is 24.8 Å². The summed E-state index contributed by atoms with van der Waals surface area (Å²) in [7, 11) is 0. The number of benzene rings is 1. The van der Waals surface area contributed by atoms with Gasteiger partial charge < -0.3 is 20.1 Å². The Hall–Kier alpha value is -1.63. The molecule has 0 spiro atoms. The van der Waals surface area contributed by atoms with Crippen molar-refractivity contribution in [2.24, 2.45) is 0 Å². The Balaban J connectivity index is 1.54. The molecule has 0 radical (unpaired) electrons. The number of rotatable bonds is 4. The van der Waals surface area contributed by atoms with Gasteiger partial charge in [-0.15, -0.1) is 0 Å². The van der Waals surface area contributed by atoms with Gasteiger partial charge in [-0.1, -0.05) is 19.1 Å². The van der Waals surface area contributed by atoms with E-state index in [4.69, 9.17) is 4.74 Å². The Morgan fingerprint density at radius 2 is 1.92 bits per heavy atom. The maximum atomic E-state index is 12.1. The van der Waals surface area contributed by atoms with Crippen molar-refractivity contribution in [1.82, 2.24) is 9.80 Å². The lowest BCUT2D eigenvalue weighted by Gasteiger charge is -2.45. The number of nitrogens with zero attached hydrogens (tertiary/aromatic N) is 2. The molecule has 1 aromatic carbocycles. The summed E-state index contributed by atoms with van der Waals surface area (Å²) < 4.78 is 5.40. The molecule has 1 atom stereocenters. The van der Waals surface area contributed by atoms with Gasteiger partial charge in [-0.25, -0.2) is 4.79 Å². The summed E-state index contributed by atoms with van der Waals surface area (Å²) in [4.78, 5) is 16.2. The van der Waals surface area contributed by atoms with E-state index in [1.165, 1.54) is 5.56 Å². The van der Waals surface area contributed by atoms with Crippen LogP contribution in [0.5, 0.6) is 0 Å². The van der Waals surface area contributed by atoms with Crippen LogP contribution in [0.3, 0.4) is 0 Å². The summed E-state index contributed by atoms with van der Waals surface area (Å²) in [6, 6.07) is 8.20. The Bertz CT molecular complexity index is 563. The summed E-state index contributed by atoms with van der Waals surface area (Å²) in [5.41, 5.74) is 1.32. The Labute approximate surface area is 143 Å². The lowest BCUT2D eigenvalue weighted by molar-refractivity contribution is -0.0755. The monoisotopic (exact) mass is 333 g/mol. The second-order valence-corrected chi connectivity index (χ2v) is 6.81. The highest BCUT2D eigenvalue weighted by Gasteiger charge is 2.42. The quantitative estimate of drug-likeness (QED) is 0.885.